The van der Waals surface area contributed by atoms with Gasteiger partial charge in [-0.2, -0.15) is 0 Å². The van der Waals surface area contributed by atoms with Gasteiger partial charge in [-0.3, -0.25) is 24.5 Å². The summed E-state index contributed by atoms with van der Waals surface area (Å²) in [6.45, 7) is 4.50. The van der Waals surface area contributed by atoms with Crippen molar-refractivity contribution in [2.24, 2.45) is 11.8 Å². The fourth-order valence-electron chi connectivity index (χ4n) is 2.11. The molecule has 130 valence electrons. The lowest BCUT2D eigenvalue weighted by Gasteiger charge is -2.16. The molecule has 0 heterocycles. The average molecular weight is 339 g/mol. The van der Waals surface area contributed by atoms with Crippen molar-refractivity contribution in [1.29, 1.82) is 0 Å². The molecular weight excluding hydrogens is 322 g/mol. The van der Waals surface area contributed by atoms with E-state index in [9.17, 15) is 24.5 Å². The molecule has 1 unspecified atom stereocenters. The molecule has 1 aromatic rings. The van der Waals surface area contributed by atoms with Crippen LogP contribution >= 0.6 is 0 Å². The third kappa shape index (κ3) is 4.28. The summed E-state index contributed by atoms with van der Waals surface area (Å²) in [5.74, 6) is -7.49. The van der Waals surface area contributed by atoms with Gasteiger partial charge in [0.2, 0.25) is 0 Å². The van der Waals surface area contributed by atoms with Crippen molar-refractivity contribution in [3.63, 3.8) is 0 Å². The number of ether oxygens (including phenoxy) is 1. The highest BCUT2D eigenvalue weighted by molar-refractivity contribution is 6.05. The van der Waals surface area contributed by atoms with Gasteiger partial charge in [0.15, 0.2) is 17.5 Å². The van der Waals surface area contributed by atoms with Crippen LogP contribution in [0.3, 0.4) is 0 Å². The summed E-state index contributed by atoms with van der Waals surface area (Å²) in [5.41, 5.74) is -0.609. The first-order valence-corrected chi connectivity index (χ1v) is 7.01. The van der Waals surface area contributed by atoms with Crippen LogP contribution in [0.5, 0.6) is 5.75 Å². The molecule has 9 heteroatoms. The summed E-state index contributed by atoms with van der Waals surface area (Å²) >= 11 is 0. The zero-order chi connectivity index (χ0) is 18.6. The lowest BCUT2D eigenvalue weighted by molar-refractivity contribution is -0.386. The number of carboxylic acid groups (broad SMARTS) is 2. The first-order valence-electron chi connectivity index (χ1n) is 7.01. The Morgan fingerprint density at radius 1 is 1.12 bits per heavy atom. The van der Waals surface area contributed by atoms with Gasteiger partial charge in [0.05, 0.1) is 11.0 Å². The van der Waals surface area contributed by atoms with Gasteiger partial charge in [-0.1, -0.05) is 6.92 Å². The van der Waals surface area contributed by atoms with Crippen LogP contribution in [-0.2, 0) is 9.59 Å². The Labute approximate surface area is 137 Å². The highest BCUT2D eigenvalue weighted by atomic mass is 16.6. The van der Waals surface area contributed by atoms with Gasteiger partial charge in [-0.25, -0.2) is 0 Å². The molecule has 0 saturated carbocycles. The summed E-state index contributed by atoms with van der Waals surface area (Å²) in [5, 5.41) is 29.0. The minimum Gasteiger partial charge on any atom is -0.484 e. The number of Topliss-reactive ketones (excluding diaryl/α,β-unsaturated/α-hetero) is 1. The quantitative estimate of drug-likeness (QED) is 0.316. The summed E-state index contributed by atoms with van der Waals surface area (Å²) in [7, 11) is 0. The van der Waals surface area contributed by atoms with E-state index in [2.05, 4.69) is 0 Å². The van der Waals surface area contributed by atoms with Gasteiger partial charge < -0.3 is 14.9 Å². The summed E-state index contributed by atoms with van der Waals surface area (Å²) in [4.78, 5) is 44.7. The molecule has 1 aromatic carbocycles. The molecule has 9 nitrogen and oxygen atoms in total. The van der Waals surface area contributed by atoms with Crippen molar-refractivity contribution in [3.05, 3.63) is 33.9 Å². The number of nitrogens with zero attached hydrogens (tertiary/aromatic N) is 1. The number of hydrogen-bond donors (Lipinski definition) is 2. The third-order valence-corrected chi connectivity index (χ3v) is 3.25. The maximum absolute atomic E-state index is 12.3. The van der Waals surface area contributed by atoms with Crippen molar-refractivity contribution in [1.82, 2.24) is 0 Å². The van der Waals surface area contributed by atoms with Crippen LogP contribution in [0.2, 0.25) is 0 Å². The second-order valence-electron chi connectivity index (χ2n) is 5.41. The van der Waals surface area contributed by atoms with Crippen LogP contribution < -0.4 is 4.74 Å². The second-order valence-corrected chi connectivity index (χ2v) is 5.41. The molecule has 0 aliphatic rings. The standard InChI is InChI=1S/C15H17NO8/c1-7(2)24-11-5-4-9(6-10(11)16(22)23)13(17)8(3)12(14(18)19)15(20)21/h4-8,12H,1-3H3,(H,18,19)(H,20,21). The van der Waals surface area contributed by atoms with Crippen LogP contribution in [0, 0.1) is 22.0 Å². The molecule has 0 spiro atoms. The molecule has 24 heavy (non-hydrogen) atoms. The number of ketones is 1. The summed E-state index contributed by atoms with van der Waals surface area (Å²) < 4.78 is 5.28. The highest BCUT2D eigenvalue weighted by Crippen LogP contribution is 2.30. The molecule has 0 aliphatic carbocycles. The predicted octanol–water partition coefficient (Wildman–Crippen LogP) is 1.99. The van der Waals surface area contributed by atoms with Crippen molar-refractivity contribution in [2.75, 3.05) is 0 Å². The predicted molar refractivity (Wildman–Crippen MR) is 81.1 cm³/mol. The van der Waals surface area contributed by atoms with E-state index in [0.717, 1.165) is 13.0 Å². The maximum atomic E-state index is 12.3. The first-order chi connectivity index (χ1) is 11.1. The smallest absolute Gasteiger partial charge is 0.318 e. The normalized spacial score (nSPS) is 12.0. The number of rotatable bonds is 8. The van der Waals surface area contributed by atoms with Crippen LogP contribution in [0.15, 0.2) is 18.2 Å². The van der Waals surface area contributed by atoms with E-state index < -0.39 is 40.2 Å². The molecule has 0 radical (unpaired) electrons. The van der Waals surface area contributed by atoms with Crippen molar-refractivity contribution < 1.29 is 34.3 Å². The monoisotopic (exact) mass is 339 g/mol. The maximum Gasteiger partial charge on any atom is 0.318 e. The number of carboxylic acids is 2. The molecule has 1 atom stereocenters. The highest BCUT2D eigenvalue weighted by Gasteiger charge is 2.37. The zero-order valence-corrected chi connectivity index (χ0v) is 13.3. The molecule has 0 aliphatic heterocycles. The van der Waals surface area contributed by atoms with Crippen LogP contribution in [0.4, 0.5) is 5.69 Å². The third-order valence-electron chi connectivity index (χ3n) is 3.25. The second kappa shape index (κ2) is 7.53. The summed E-state index contributed by atoms with van der Waals surface area (Å²) in [6, 6.07) is 3.43. The van der Waals surface area contributed by atoms with E-state index in [0.29, 0.717) is 0 Å². The number of hydrogen-bond acceptors (Lipinski definition) is 6. The van der Waals surface area contributed by atoms with E-state index in [1.54, 1.807) is 13.8 Å². The lowest BCUT2D eigenvalue weighted by Crippen LogP contribution is -2.34. The molecule has 0 fully saturated rings. The Bertz CT molecular complexity index is 668. The fourth-order valence-corrected chi connectivity index (χ4v) is 2.11. The van der Waals surface area contributed by atoms with Gasteiger partial charge in [-0.05, 0) is 26.0 Å². The number of nitro groups is 1. The minimum absolute atomic E-state index is 0.0350. The number of benzene rings is 1. The first kappa shape index (κ1) is 19.1. The van der Waals surface area contributed by atoms with E-state index >= 15 is 0 Å². The SMILES string of the molecule is CC(C)Oc1ccc(C(=O)C(C)C(C(=O)O)C(=O)O)cc1[N+](=O)[O-]. The molecule has 0 amide bonds. The molecular formula is C15H17NO8. The molecule has 0 aromatic heterocycles. The Balaban J connectivity index is 3.24. The van der Waals surface area contributed by atoms with E-state index in [-0.39, 0.29) is 17.4 Å². The fraction of sp³-hybridized carbons (Fsp3) is 0.400. The molecule has 2 N–H and O–H groups in total. The Morgan fingerprint density at radius 2 is 1.67 bits per heavy atom. The number of carbonyl (C=O) groups is 3. The minimum atomic E-state index is -1.94. The molecule has 0 saturated heterocycles. The number of aliphatic carboxylic acids is 2. The Morgan fingerprint density at radius 3 is 2.08 bits per heavy atom. The Kier molecular flexibility index (Phi) is 5.99. The van der Waals surface area contributed by atoms with Crippen molar-refractivity contribution in [3.8, 4) is 5.75 Å². The van der Waals surface area contributed by atoms with Gasteiger partial charge in [-0.15, -0.1) is 0 Å². The van der Waals surface area contributed by atoms with Crippen molar-refractivity contribution >= 4 is 23.4 Å². The van der Waals surface area contributed by atoms with Gasteiger partial charge >= 0.3 is 17.6 Å². The molecule has 1 rings (SSSR count). The largest absolute Gasteiger partial charge is 0.484 e. The zero-order valence-electron chi connectivity index (χ0n) is 13.3. The summed E-state index contributed by atoms with van der Waals surface area (Å²) in [6.07, 6.45) is -0.326. The van der Waals surface area contributed by atoms with Gasteiger partial charge in [0.1, 0.15) is 0 Å². The van der Waals surface area contributed by atoms with Crippen molar-refractivity contribution in [2.45, 2.75) is 26.9 Å². The van der Waals surface area contributed by atoms with Gasteiger partial charge in [0.25, 0.3) is 0 Å². The number of carbonyl (C=O) groups excluding carboxylic acids is 1. The van der Waals surface area contributed by atoms with Crippen LogP contribution in [0.1, 0.15) is 31.1 Å². The van der Waals surface area contributed by atoms with E-state index in [1.807, 2.05) is 0 Å². The van der Waals surface area contributed by atoms with E-state index in [4.69, 9.17) is 14.9 Å². The molecule has 0 bridgehead atoms. The lowest BCUT2D eigenvalue weighted by atomic mass is 9.87. The van der Waals surface area contributed by atoms with Crippen LogP contribution in [-0.4, -0.2) is 39.0 Å². The Hall–Kier alpha value is -2.97. The van der Waals surface area contributed by atoms with Gasteiger partial charge in [0, 0.05) is 17.5 Å². The average Bonchev–Trinajstić information content (AvgIpc) is 2.45. The number of nitro benzene ring substituents is 1. The van der Waals surface area contributed by atoms with E-state index in [1.165, 1.54) is 12.1 Å². The topological polar surface area (TPSA) is 144 Å². The van der Waals surface area contributed by atoms with Crippen LogP contribution in [0.25, 0.3) is 0 Å².